The molecule has 0 amide bonds. The zero-order valence-electron chi connectivity index (χ0n) is 11.6. The molecular formula is C14H16F2N4. The molecule has 1 aromatic carbocycles. The second kappa shape index (κ2) is 5.11. The van der Waals surface area contributed by atoms with Crippen LogP contribution in [0.2, 0.25) is 0 Å². The fourth-order valence-electron chi connectivity index (χ4n) is 1.69. The number of nitrogen functional groups attached to an aromatic ring is 1. The molecule has 0 bridgehead atoms. The molecule has 0 spiro atoms. The highest BCUT2D eigenvalue weighted by Crippen LogP contribution is 2.20. The maximum atomic E-state index is 13.6. The van der Waals surface area contributed by atoms with Crippen molar-refractivity contribution in [3.05, 3.63) is 47.0 Å². The first kappa shape index (κ1) is 14.3. The van der Waals surface area contributed by atoms with Crippen molar-refractivity contribution in [2.24, 2.45) is 0 Å². The van der Waals surface area contributed by atoms with Gasteiger partial charge in [0.25, 0.3) is 0 Å². The van der Waals surface area contributed by atoms with Crippen molar-refractivity contribution in [2.75, 3.05) is 5.73 Å². The highest BCUT2D eigenvalue weighted by Gasteiger charge is 2.19. The zero-order chi connectivity index (χ0) is 14.9. The maximum absolute atomic E-state index is 13.6. The Balaban J connectivity index is 2.36. The fourth-order valence-corrected chi connectivity index (χ4v) is 1.69. The van der Waals surface area contributed by atoms with Crippen LogP contribution in [0.15, 0.2) is 18.2 Å². The van der Waals surface area contributed by atoms with Crippen molar-refractivity contribution in [3.63, 3.8) is 0 Å². The number of hydrogen-bond acceptors (Lipinski definition) is 4. The average Bonchev–Trinajstić information content (AvgIpc) is 2.31. The summed E-state index contributed by atoms with van der Waals surface area (Å²) in [5.41, 5.74) is 5.69. The molecule has 0 unspecified atom stereocenters. The van der Waals surface area contributed by atoms with Gasteiger partial charge in [-0.15, -0.1) is 0 Å². The SMILES string of the molecule is CC(C)(C)c1nc(N)nc(Cc2ccc(F)cc2F)n1. The van der Waals surface area contributed by atoms with Crippen LogP contribution < -0.4 is 5.73 Å². The Morgan fingerprint density at radius 2 is 1.80 bits per heavy atom. The molecule has 0 atom stereocenters. The summed E-state index contributed by atoms with van der Waals surface area (Å²) in [7, 11) is 0. The molecule has 6 heteroatoms. The molecule has 0 radical (unpaired) electrons. The van der Waals surface area contributed by atoms with Crippen molar-refractivity contribution >= 4 is 5.95 Å². The maximum Gasteiger partial charge on any atom is 0.223 e. The zero-order valence-corrected chi connectivity index (χ0v) is 11.6. The van der Waals surface area contributed by atoms with Crippen molar-refractivity contribution in [1.29, 1.82) is 0 Å². The Labute approximate surface area is 116 Å². The van der Waals surface area contributed by atoms with E-state index in [2.05, 4.69) is 15.0 Å². The lowest BCUT2D eigenvalue weighted by molar-refractivity contribution is 0.537. The first-order valence-electron chi connectivity index (χ1n) is 6.20. The lowest BCUT2D eigenvalue weighted by Gasteiger charge is -2.17. The average molecular weight is 278 g/mol. The smallest absolute Gasteiger partial charge is 0.223 e. The minimum absolute atomic E-state index is 0.0995. The number of anilines is 1. The van der Waals surface area contributed by atoms with Crippen LogP contribution in [0.25, 0.3) is 0 Å². The third-order valence-corrected chi connectivity index (χ3v) is 2.73. The number of benzene rings is 1. The molecule has 2 rings (SSSR count). The summed E-state index contributed by atoms with van der Waals surface area (Å²) in [4.78, 5) is 12.4. The molecule has 0 aliphatic heterocycles. The molecule has 20 heavy (non-hydrogen) atoms. The van der Waals surface area contributed by atoms with E-state index in [1.54, 1.807) is 0 Å². The lowest BCUT2D eigenvalue weighted by Crippen LogP contribution is -2.19. The number of nitrogens with zero attached hydrogens (tertiary/aromatic N) is 3. The van der Waals surface area contributed by atoms with Gasteiger partial charge in [0, 0.05) is 17.9 Å². The van der Waals surface area contributed by atoms with Gasteiger partial charge in [0.05, 0.1) is 0 Å². The Bertz CT molecular complexity index is 636. The highest BCUT2D eigenvalue weighted by atomic mass is 19.1. The lowest BCUT2D eigenvalue weighted by atomic mass is 9.96. The molecule has 2 aromatic rings. The van der Waals surface area contributed by atoms with Gasteiger partial charge >= 0.3 is 0 Å². The third-order valence-electron chi connectivity index (χ3n) is 2.73. The van der Waals surface area contributed by atoms with E-state index in [1.165, 1.54) is 12.1 Å². The Hall–Kier alpha value is -2.11. The van der Waals surface area contributed by atoms with E-state index in [-0.39, 0.29) is 17.8 Å². The van der Waals surface area contributed by atoms with Crippen LogP contribution in [-0.2, 0) is 11.8 Å². The number of rotatable bonds is 2. The third kappa shape index (κ3) is 3.26. The molecule has 1 aromatic heterocycles. The first-order chi connectivity index (χ1) is 9.25. The number of halogens is 2. The monoisotopic (exact) mass is 278 g/mol. The number of nitrogens with two attached hydrogens (primary N) is 1. The summed E-state index contributed by atoms with van der Waals surface area (Å²) in [5, 5.41) is 0. The largest absolute Gasteiger partial charge is 0.368 e. The summed E-state index contributed by atoms with van der Waals surface area (Å²) in [5.74, 6) is -0.226. The van der Waals surface area contributed by atoms with E-state index in [1.807, 2.05) is 20.8 Å². The van der Waals surface area contributed by atoms with E-state index in [0.29, 0.717) is 17.2 Å². The van der Waals surface area contributed by atoms with Crippen molar-refractivity contribution in [1.82, 2.24) is 15.0 Å². The number of hydrogen-bond donors (Lipinski definition) is 1. The van der Waals surface area contributed by atoms with Gasteiger partial charge in [-0.2, -0.15) is 9.97 Å². The molecule has 0 aliphatic rings. The van der Waals surface area contributed by atoms with Crippen LogP contribution in [0.1, 0.15) is 38.0 Å². The normalized spacial score (nSPS) is 11.7. The molecule has 0 saturated heterocycles. The van der Waals surface area contributed by atoms with Gasteiger partial charge in [0.1, 0.15) is 23.3 Å². The predicted octanol–water partition coefficient (Wildman–Crippen LogP) is 2.62. The Morgan fingerprint density at radius 3 is 2.40 bits per heavy atom. The molecule has 1 heterocycles. The van der Waals surface area contributed by atoms with Crippen LogP contribution in [-0.4, -0.2) is 15.0 Å². The van der Waals surface area contributed by atoms with Gasteiger partial charge in [-0.05, 0) is 11.6 Å². The fraction of sp³-hybridized carbons (Fsp3) is 0.357. The van der Waals surface area contributed by atoms with Crippen LogP contribution in [0.5, 0.6) is 0 Å². The van der Waals surface area contributed by atoms with E-state index in [0.717, 1.165) is 6.07 Å². The van der Waals surface area contributed by atoms with Crippen LogP contribution in [0, 0.1) is 11.6 Å². The van der Waals surface area contributed by atoms with Crippen LogP contribution in [0.3, 0.4) is 0 Å². The minimum Gasteiger partial charge on any atom is -0.368 e. The second-order valence-corrected chi connectivity index (χ2v) is 5.60. The summed E-state index contributed by atoms with van der Waals surface area (Å²) in [6.07, 6.45) is 0.141. The van der Waals surface area contributed by atoms with E-state index < -0.39 is 11.6 Å². The molecule has 2 N–H and O–H groups in total. The summed E-state index contributed by atoms with van der Waals surface area (Å²) in [6.45, 7) is 5.85. The molecule has 106 valence electrons. The van der Waals surface area contributed by atoms with Gasteiger partial charge in [0.2, 0.25) is 5.95 Å². The van der Waals surface area contributed by atoms with Crippen molar-refractivity contribution in [3.8, 4) is 0 Å². The van der Waals surface area contributed by atoms with Crippen LogP contribution in [0.4, 0.5) is 14.7 Å². The first-order valence-corrected chi connectivity index (χ1v) is 6.20. The molecular weight excluding hydrogens is 262 g/mol. The van der Waals surface area contributed by atoms with Crippen molar-refractivity contribution < 1.29 is 8.78 Å². The standard InChI is InChI=1S/C14H16F2N4/c1-14(2,3)12-18-11(19-13(17)20-12)6-8-4-5-9(15)7-10(8)16/h4-5,7H,6H2,1-3H3,(H2,17,18,19,20). The molecule has 0 aliphatic carbocycles. The molecule has 4 nitrogen and oxygen atoms in total. The van der Waals surface area contributed by atoms with Gasteiger partial charge in [-0.25, -0.2) is 13.8 Å². The van der Waals surface area contributed by atoms with Gasteiger partial charge in [-0.3, -0.25) is 0 Å². The van der Waals surface area contributed by atoms with Crippen molar-refractivity contribution in [2.45, 2.75) is 32.6 Å². The van der Waals surface area contributed by atoms with E-state index in [9.17, 15) is 8.78 Å². The Morgan fingerprint density at radius 1 is 1.10 bits per heavy atom. The summed E-state index contributed by atoms with van der Waals surface area (Å²) in [6, 6.07) is 3.42. The van der Waals surface area contributed by atoms with E-state index >= 15 is 0 Å². The van der Waals surface area contributed by atoms with Gasteiger partial charge in [-0.1, -0.05) is 26.8 Å². The topological polar surface area (TPSA) is 64.7 Å². The molecule has 0 fully saturated rings. The van der Waals surface area contributed by atoms with Gasteiger partial charge < -0.3 is 5.73 Å². The number of aromatic nitrogens is 3. The summed E-state index contributed by atoms with van der Waals surface area (Å²) >= 11 is 0. The minimum atomic E-state index is -0.624. The van der Waals surface area contributed by atoms with Crippen LogP contribution >= 0.6 is 0 Å². The van der Waals surface area contributed by atoms with E-state index in [4.69, 9.17) is 5.73 Å². The summed E-state index contributed by atoms with van der Waals surface area (Å²) < 4.78 is 26.5. The highest BCUT2D eigenvalue weighted by molar-refractivity contribution is 5.25. The second-order valence-electron chi connectivity index (χ2n) is 5.60. The molecule has 0 saturated carbocycles. The van der Waals surface area contributed by atoms with Gasteiger partial charge in [0.15, 0.2) is 0 Å². The predicted molar refractivity (Wildman–Crippen MR) is 72.1 cm³/mol. The quantitative estimate of drug-likeness (QED) is 0.917. The Kier molecular flexibility index (Phi) is 3.65.